The molecule has 2 unspecified atom stereocenters. The minimum absolute atomic E-state index is 0.0106. The Balaban J connectivity index is 1.62. The second-order valence-electron chi connectivity index (χ2n) is 7.99. The van der Waals surface area contributed by atoms with Crippen LogP contribution >= 0.6 is 12.6 Å². The average molecular weight is 445 g/mol. The van der Waals surface area contributed by atoms with Crippen molar-refractivity contribution in [1.29, 1.82) is 0 Å². The molecule has 0 bridgehead atoms. The van der Waals surface area contributed by atoms with Crippen LogP contribution in [0.2, 0.25) is 0 Å². The number of likely N-dealkylation sites (tertiary alicyclic amines) is 1. The zero-order valence-corrected chi connectivity index (χ0v) is 18.2. The van der Waals surface area contributed by atoms with Crippen LogP contribution in [-0.4, -0.2) is 57.1 Å². The Morgan fingerprint density at radius 1 is 1.32 bits per heavy atom. The summed E-state index contributed by atoms with van der Waals surface area (Å²) in [6.45, 7) is 1.06. The van der Waals surface area contributed by atoms with Crippen molar-refractivity contribution in [2.75, 3.05) is 20.2 Å². The number of nitrogens with zero attached hydrogens (tertiary/aromatic N) is 4. The SMILES string of the molecule is COC(=O)Cn1nncc1/C=C1/CN(C(C(=O)C2CC2)c2ccccc2F)CCC1S. The molecular weight excluding hydrogens is 419 g/mol. The van der Waals surface area contributed by atoms with E-state index in [1.54, 1.807) is 24.4 Å². The zero-order valence-electron chi connectivity index (χ0n) is 17.3. The molecule has 1 aromatic heterocycles. The molecule has 1 aromatic carbocycles. The number of hydrogen-bond acceptors (Lipinski definition) is 7. The molecular formula is C22H25FN4O3S. The number of aromatic nitrogens is 3. The van der Waals surface area contributed by atoms with Gasteiger partial charge in [0.05, 0.1) is 25.0 Å². The summed E-state index contributed by atoms with van der Waals surface area (Å²) in [5.41, 5.74) is 2.04. The molecule has 0 spiro atoms. The Hall–Kier alpha value is -2.52. The summed E-state index contributed by atoms with van der Waals surface area (Å²) in [4.78, 5) is 26.8. The van der Waals surface area contributed by atoms with Crippen LogP contribution in [0.15, 0.2) is 36.0 Å². The van der Waals surface area contributed by atoms with Gasteiger partial charge in [-0.3, -0.25) is 14.5 Å². The van der Waals surface area contributed by atoms with Gasteiger partial charge in [-0.05, 0) is 37.0 Å². The van der Waals surface area contributed by atoms with E-state index in [1.807, 2.05) is 11.0 Å². The number of ketones is 1. The number of hydrogen-bond donors (Lipinski definition) is 1. The maximum Gasteiger partial charge on any atom is 0.327 e. The van der Waals surface area contributed by atoms with Crippen LogP contribution in [0.4, 0.5) is 4.39 Å². The standard InChI is InChI=1S/C22H25FN4O3S/c1-30-20(28)13-27-16(11-24-25-27)10-15-12-26(9-8-19(15)31)21(22(29)14-6-7-14)17-4-2-3-5-18(17)23/h2-5,10-11,14,19,21,31H,6-9,12-13H2,1H3/b15-10-. The first-order valence-corrected chi connectivity index (χ1v) is 10.9. The number of esters is 1. The first kappa shape index (κ1) is 21.7. The number of halogens is 1. The van der Waals surface area contributed by atoms with E-state index in [0.717, 1.165) is 24.8 Å². The van der Waals surface area contributed by atoms with Crippen LogP contribution in [0.1, 0.15) is 36.6 Å². The summed E-state index contributed by atoms with van der Waals surface area (Å²) in [5.74, 6) is -0.691. The van der Waals surface area contributed by atoms with Gasteiger partial charge in [0.1, 0.15) is 12.4 Å². The zero-order chi connectivity index (χ0) is 22.0. The molecule has 164 valence electrons. The number of ether oxygens (including phenoxy) is 1. The summed E-state index contributed by atoms with van der Waals surface area (Å²) in [5, 5.41) is 7.82. The van der Waals surface area contributed by atoms with Crippen LogP contribution in [-0.2, 0) is 20.9 Å². The second kappa shape index (κ2) is 9.32. The van der Waals surface area contributed by atoms with Gasteiger partial charge in [-0.2, -0.15) is 12.6 Å². The lowest BCUT2D eigenvalue weighted by molar-refractivity contribution is -0.141. The van der Waals surface area contributed by atoms with E-state index in [2.05, 4.69) is 10.3 Å². The van der Waals surface area contributed by atoms with Gasteiger partial charge >= 0.3 is 5.97 Å². The molecule has 9 heteroatoms. The summed E-state index contributed by atoms with van der Waals surface area (Å²) in [6.07, 6.45) is 5.92. The quantitative estimate of drug-likeness (QED) is 0.523. The van der Waals surface area contributed by atoms with E-state index in [4.69, 9.17) is 17.4 Å². The summed E-state index contributed by atoms with van der Waals surface area (Å²) >= 11 is 4.72. The van der Waals surface area contributed by atoms with Crippen LogP contribution in [0.5, 0.6) is 0 Å². The molecule has 1 aliphatic carbocycles. The van der Waals surface area contributed by atoms with E-state index in [0.29, 0.717) is 24.3 Å². The molecule has 2 aromatic rings. The fourth-order valence-corrected chi connectivity index (χ4v) is 4.22. The van der Waals surface area contributed by atoms with Gasteiger partial charge in [-0.15, -0.1) is 5.10 Å². The molecule has 2 aliphatic rings. The third-order valence-electron chi connectivity index (χ3n) is 5.81. The highest BCUT2D eigenvalue weighted by Crippen LogP contribution is 2.39. The minimum Gasteiger partial charge on any atom is -0.468 e. The van der Waals surface area contributed by atoms with Crippen LogP contribution in [0, 0.1) is 11.7 Å². The van der Waals surface area contributed by atoms with Gasteiger partial charge < -0.3 is 4.74 Å². The summed E-state index contributed by atoms with van der Waals surface area (Å²) in [7, 11) is 1.32. The third-order valence-corrected chi connectivity index (χ3v) is 6.39. The molecule has 2 heterocycles. The summed E-state index contributed by atoms with van der Waals surface area (Å²) < 4.78 is 20.8. The fourth-order valence-electron chi connectivity index (χ4n) is 3.95. The Labute approximate surface area is 185 Å². The number of rotatable bonds is 7. The van der Waals surface area contributed by atoms with Crippen molar-refractivity contribution in [2.24, 2.45) is 5.92 Å². The van der Waals surface area contributed by atoms with Crippen molar-refractivity contribution in [3.05, 3.63) is 53.1 Å². The Morgan fingerprint density at radius 3 is 2.81 bits per heavy atom. The number of Topliss-reactive ketones (excluding diaryl/α,β-unsaturated/α-hetero) is 1. The largest absolute Gasteiger partial charge is 0.468 e. The van der Waals surface area contributed by atoms with Gasteiger partial charge in [-0.1, -0.05) is 23.4 Å². The van der Waals surface area contributed by atoms with Crippen LogP contribution in [0.25, 0.3) is 6.08 Å². The van der Waals surface area contributed by atoms with Crippen LogP contribution in [0.3, 0.4) is 0 Å². The minimum atomic E-state index is -0.615. The van der Waals surface area contributed by atoms with E-state index in [1.165, 1.54) is 17.9 Å². The number of methoxy groups -OCH3 is 1. The van der Waals surface area contributed by atoms with Crippen molar-refractivity contribution >= 4 is 30.5 Å². The predicted octanol–water partition coefficient (Wildman–Crippen LogP) is 2.70. The van der Waals surface area contributed by atoms with Gasteiger partial charge in [-0.25, -0.2) is 9.07 Å². The van der Waals surface area contributed by atoms with Gasteiger partial charge in [0, 0.05) is 29.8 Å². The van der Waals surface area contributed by atoms with Gasteiger partial charge in [0.2, 0.25) is 0 Å². The number of carbonyl (C=O) groups excluding carboxylic acids is 2. The van der Waals surface area contributed by atoms with Crippen molar-refractivity contribution in [2.45, 2.75) is 37.1 Å². The van der Waals surface area contributed by atoms with Crippen molar-refractivity contribution in [1.82, 2.24) is 19.9 Å². The number of piperidine rings is 1. The number of thiol groups is 1. The number of benzene rings is 1. The maximum atomic E-state index is 14.7. The van der Waals surface area contributed by atoms with Crippen LogP contribution < -0.4 is 0 Å². The second-order valence-corrected chi connectivity index (χ2v) is 8.61. The average Bonchev–Trinajstić information content (AvgIpc) is 3.53. The first-order chi connectivity index (χ1) is 15.0. The monoisotopic (exact) mass is 444 g/mol. The highest BCUT2D eigenvalue weighted by Gasteiger charge is 2.40. The first-order valence-electron chi connectivity index (χ1n) is 10.3. The highest BCUT2D eigenvalue weighted by atomic mass is 32.1. The van der Waals surface area contributed by atoms with E-state index >= 15 is 0 Å². The van der Waals surface area contributed by atoms with Crippen molar-refractivity contribution in [3.63, 3.8) is 0 Å². The lowest BCUT2D eigenvalue weighted by Gasteiger charge is -2.37. The fraction of sp³-hybridized carbons (Fsp3) is 0.455. The molecule has 0 amide bonds. The van der Waals surface area contributed by atoms with Gasteiger partial charge in [0.15, 0.2) is 5.78 Å². The maximum absolute atomic E-state index is 14.7. The lowest BCUT2D eigenvalue weighted by Crippen LogP contribution is -2.42. The molecule has 1 saturated heterocycles. The molecule has 0 radical (unpaired) electrons. The molecule has 0 N–H and O–H groups in total. The highest BCUT2D eigenvalue weighted by molar-refractivity contribution is 7.81. The molecule has 1 aliphatic heterocycles. The number of carbonyl (C=O) groups is 2. The lowest BCUT2D eigenvalue weighted by atomic mass is 9.93. The van der Waals surface area contributed by atoms with Crippen molar-refractivity contribution in [3.8, 4) is 0 Å². The van der Waals surface area contributed by atoms with E-state index in [-0.39, 0.29) is 29.3 Å². The van der Waals surface area contributed by atoms with Crippen molar-refractivity contribution < 1.29 is 18.7 Å². The van der Waals surface area contributed by atoms with E-state index in [9.17, 15) is 14.0 Å². The topological polar surface area (TPSA) is 77.3 Å². The molecule has 31 heavy (non-hydrogen) atoms. The molecule has 7 nitrogen and oxygen atoms in total. The molecule has 4 rings (SSSR count). The molecule has 2 atom stereocenters. The van der Waals surface area contributed by atoms with E-state index < -0.39 is 12.0 Å². The Morgan fingerprint density at radius 2 is 2.10 bits per heavy atom. The normalized spacial score (nSPS) is 21.8. The van der Waals surface area contributed by atoms with Gasteiger partial charge in [0.25, 0.3) is 0 Å². The molecule has 1 saturated carbocycles. The Bertz CT molecular complexity index is 1000. The smallest absolute Gasteiger partial charge is 0.327 e. The predicted molar refractivity (Wildman–Crippen MR) is 116 cm³/mol. The summed E-state index contributed by atoms with van der Waals surface area (Å²) in [6, 6.07) is 5.90. The third kappa shape index (κ3) is 4.88. The molecule has 2 fully saturated rings. The Kier molecular flexibility index (Phi) is 6.52.